The number of benzene rings is 9. The molecule has 0 unspecified atom stereocenters. The lowest BCUT2D eigenvalue weighted by atomic mass is 9.70. The average molecular weight is 813 g/mol. The van der Waals surface area contributed by atoms with Crippen molar-refractivity contribution in [2.24, 2.45) is 0 Å². The number of hydrogen-bond acceptors (Lipinski definition) is 2. The molecular weight excluding hydrogens is 761 g/mol. The van der Waals surface area contributed by atoms with Gasteiger partial charge in [-0.15, -0.1) is 0 Å². The summed E-state index contributed by atoms with van der Waals surface area (Å²) in [4.78, 5) is 4.90. The molecule has 0 saturated carbocycles. The van der Waals surface area contributed by atoms with Crippen molar-refractivity contribution in [3.63, 3.8) is 0 Å². The highest BCUT2D eigenvalue weighted by molar-refractivity contribution is 6.12. The van der Waals surface area contributed by atoms with Crippen molar-refractivity contribution in [2.45, 2.75) is 57.8 Å². The molecule has 0 heterocycles. The van der Waals surface area contributed by atoms with Crippen LogP contribution in [0.3, 0.4) is 0 Å². The molecule has 9 aromatic rings. The summed E-state index contributed by atoms with van der Waals surface area (Å²) in [5, 5.41) is 2.47. The van der Waals surface area contributed by atoms with Crippen LogP contribution < -0.4 is 9.80 Å². The smallest absolute Gasteiger partial charge is 0.0727 e. The van der Waals surface area contributed by atoms with E-state index < -0.39 is 5.41 Å². The van der Waals surface area contributed by atoms with Gasteiger partial charge in [0.05, 0.1) is 11.1 Å². The first-order valence-corrected chi connectivity index (χ1v) is 22.4. The Morgan fingerprint density at radius 3 is 1.29 bits per heavy atom. The van der Waals surface area contributed by atoms with Gasteiger partial charge in [0, 0.05) is 33.8 Å². The van der Waals surface area contributed by atoms with Crippen LogP contribution in [0.2, 0.25) is 0 Å². The van der Waals surface area contributed by atoms with Gasteiger partial charge in [0.25, 0.3) is 0 Å². The van der Waals surface area contributed by atoms with Crippen molar-refractivity contribution in [3.05, 3.63) is 240 Å². The van der Waals surface area contributed by atoms with Crippen molar-refractivity contribution in [3.8, 4) is 22.3 Å². The van der Waals surface area contributed by atoms with E-state index in [1.54, 1.807) is 0 Å². The Balaban J connectivity index is 1.22. The SMILES string of the molecule is CC(C)(C)c1ccc(N(c2ccccc2)c2ccc3c(c2)C2(c4ccccc4-c4ccccc42)c2cc(N(c4ccccc4)c4ccc(C(C)(C)C)cc4)c4ccccc4c2-3)cc1. The fraction of sp³-hybridized carbons (Fsp3) is 0.148. The van der Waals surface area contributed by atoms with Crippen LogP contribution in [0, 0.1) is 0 Å². The van der Waals surface area contributed by atoms with Crippen LogP contribution in [-0.4, -0.2) is 0 Å². The number of nitrogens with zero attached hydrogens (tertiary/aromatic N) is 2. The van der Waals surface area contributed by atoms with E-state index >= 15 is 0 Å². The van der Waals surface area contributed by atoms with E-state index in [4.69, 9.17) is 0 Å². The maximum Gasteiger partial charge on any atom is 0.0727 e. The maximum atomic E-state index is 2.54. The molecule has 2 aliphatic carbocycles. The molecule has 2 nitrogen and oxygen atoms in total. The number of anilines is 6. The summed E-state index contributed by atoms with van der Waals surface area (Å²) in [5.74, 6) is 0. The molecule has 9 aromatic carbocycles. The molecule has 1 spiro atoms. The lowest BCUT2D eigenvalue weighted by Gasteiger charge is -2.34. The second-order valence-electron chi connectivity index (χ2n) is 19.4. The van der Waals surface area contributed by atoms with Crippen molar-refractivity contribution in [1.82, 2.24) is 0 Å². The van der Waals surface area contributed by atoms with E-state index in [9.17, 15) is 0 Å². The van der Waals surface area contributed by atoms with Gasteiger partial charge in [0.1, 0.15) is 0 Å². The highest BCUT2D eigenvalue weighted by atomic mass is 15.1. The van der Waals surface area contributed by atoms with E-state index in [1.165, 1.54) is 66.4 Å². The lowest BCUT2D eigenvalue weighted by Crippen LogP contribution is -2.26. The highest BCUT2D eigenvalue weighted by Gasteiger charge is 2.52. The minimum Gasteiger partial charge on any atom is -0.310 e. The molecule has 0 atom stereocenters. The van der Waals surface area contributed by atoms with Gasteiger partial charge in [-0.25, -0.2) is 0 Å². The van der Waals surface area contributed by atoms with E-state index in [-0.39, 0.29) is 10.8 Å². The van der Waals surface area contributed by atoms with E-state index in [0.717, 1.165) is 34.1 Å². The van der Waals surface area contributed by atoms with Crippen LogP contribution in [0.25, 0.3) is 33.0 Å². The summed E-state index contributed by atoms with van der Waals surface area (Å²) >= 11 is 0. The van der Waals surface area contributed by atoms with Crippen LogP contribution in [0.4, 0.5) is 34.1 Å². The number of hydrogen-bond donors (Lipinski definition) is 0. The van der Waals surface area contributed by atoms with E-state index in [2.05, 4.69) is 258 Å². The molecule has 0 aliphatic heterocycles. The fourth-order valence-corrected chi connectivity index (χ4v) is 10.5. The van der Waals surface area contributed by atoms with Gasteiger partial charge in [0.15, 0.2) is 0 Å². The third kappa shape index (κ3) is 6.07. The van der Waals surface area contributed by atoms with Crippen molar-refractivity contribution in [1.29, 1.82) is 0 Å². The highest BCUT2D eigenvalue weighted by Crippen LogP contribution is 2.65. The van der Waals surface area contributed by atoms with E-state index in [1.807, 2.05) is 0 Å². The second-order valence-corrected chi connectivity index (χ2v) is 19.4. The standard InChI is InChI=1S/C61H52N2/c1-59(2,3)41-29-33-45(34-30-41)62(43-19-9-7-10-20-43)47-37-38-52-55(39-47)61(53-27-17-15-23-48(53)49-24-16-18-28-54(49)61)56-40-57(50-25-13-14-26-51(50)58(52)56)63(44-21-11-8-12-22-44)46-35-31-42(32-36-46)60(4,5)6/h7-40H,1-6H3. The Bertz CT molecular complexity index is 3120. The Morgan fingerprint density at radius 1 is 0.317 bits per heavy atom. The van der Waals surface area contributed by atoms with Gasteiger partial charge in [-0.05, 0) is 139 Å². The number of rotatable bonds is 6. The molecule has 0 aromatic heterocycles. The molecule has 306 valence electrons. The van der Waals surface area contributed by atoms with Crippen molar-refractivity contribution in [2.75, 3.05) is 9.80 Å². The monoisotopic (exact) mass is 812 g/mol. The average Bonchev–Trinajstić information content (AvgIpc) is 3.77. The predicted molar refractivity (Wildman–Crippen MR) is 267 cm³/mol. The van der Waals surface area contributed by atoms with Gasteiger partial charge in [-0.3, -0.25) is 0 Å². The summed E-state index contributed by atoms with van der Waals surface area (Å²) in [7, 11) is 0. The molecule has 2 heteroatoms. The first-order chi connectivity index (χ1) is 30.5. The molecule has 0 saturated heterocycles. The number of fused-ring (bicyclic) bond motifs is 12. The fourth-order valence-electron chi connectivity index (χ4n) is 10.5. The molecule has 11 rings (SSSR count). The van der Waals surface area contributed by atoms with Crippen LogP contribution in [0.5, 0.6) is 0 Å². The van der Waals surface area contributed by atoms with Gasteiger partial charge in [-0.2, -0.15) is 0 Å². The summed E-state index contributed by atoms with van der Waals surface area (Å²) in [5.41, 5.74) is 19.4. The zero-order valence-electron chi connectivity index (χ0n) is 37.0. The Kier molecular flexibility index (Phi) is 8.89. The normalized spacial score (nSPS) is 13.4. The molecule has 0 fully saturated rings. The maximum absolute atomic E-state index is 2.54. The molecular formula is C61H52N2. The largest absolute Gasteiger partial charge is 0.310 e. The first kappa shape index (κ1) is 38.7. The summed E-state index contributed by atoms with van der Waals surface area (Å²) < 4.78 is 0. The van der Waals surface area contributed by atoms with Gasteiger partial charge in [0.2, 0.25) is 0 Å². The third-order valence-electron chi connectivity index (χ3n) is 13.6. The van der Waals surface area contributed by atoms with Crippen LogP contribution >= 0.6 is 0 Å². The summed E-state index contributed by atoms with van der Waals surface area (Å²) in [6.45, 7) is 13.7. The zero-order valence-corrected chi connectivity index (χ0v) is 37.0. The predicted octanol–water partition coefficient (Wildman–Crippen LogP) is 16.7. The molecule has 0 bridgehead atoms. The van der Waals surface area contributed by atoms with Crippen molar-refractivity contribution < 1.29 is 0 Å². The topological polar surface area (TPSA) is 6.48 Å². The second kappa shape index (κ2) is 14.5. The zero-order chi connectivity index (χ0) is 43.1. The quantitative estimate of drug-likeness (QED) is 0.165. The van der Waals surface area contributed by atoms with Crippen LogP contribution in [0.1, 0.15) is 74.9 Å². The Morgan fingerprint density at radius 2 is 0.746 bits per heavy atom. The minimum atomic E-state index is -0.580. The van der Waals surface area contributed by atoms with Crippen molar-refractivity contribution >= 4 is 44.9 Å². The molecule has 0 N–H and O–H groups in total. The van der Waals surface area contributed by atoms with Crippen LogP contribution in [0.15, 0.2) is 206 Å². The van der Waals surface area contributed by atoms with Gasteiger partial charge in [-0.1, -0.05) is 181 Å². The number of para-hydroxylation sites is 2. The molecule has 0 radical (unpaired) electrons. The van der Waals surface area contributed by atoms with Gasteiger partial charge < -0.3 is 9.80 Å². The van der Waals surface area contributed by atoms with E-state index in [0.29, 0.717) is 0 Å². The third-order valence-corrected chi connectivity index (χ3v) is 13.6. The summed E-state index contributed by atoms with van der Waals surface area (Å²) in [6, 6.07) is 77.3. The lowest BCUT2D eigenvalue weighted by molar-refractivity contribution is 0.590. The first-order valence-electron chi connectivity index (χ1n) is 22.4. The molecule has 63 heavy (non-hydrogen) atoms. The Labute approximate surface area is 372 Å². The van der Waals surface area contributed by atoms with Gasteiger partial charge >= 0.3 is 0 Å². The summed E-state index contributed by atoms with van der Waals surface area (Å²) in [6.07, 6.45) is 0. The minimum absolute atomic E-state index is 0.0443. The van der Waals surface area contributed by atoms with Crippen LogP contribution in [-0.2, 0) is 16.2 Å². The molecule has 2 aliphatic rings. The Hall–Kier alpha value is -7.16. The molecule has 0 amide bonds.